The standard InChI is InChI=1S/C13H19NO3S/c1-10-3-2-4-13(7-10)18(16,17)14-9-11-5-6-12(15)8-11/h2-4,7,11-12,14-15H,5-6,8-9H2,1H3. The Labute approximate surface area is 108 Å². The molecule has 2 unspecified atom stereocenters. The lowest BCUT2D eigenvalue weighted by Gasteiger charge is -2.11. The van der Waals surface area contributed by atoms with E-state index in [4.69, 9.17) is 0 Å². The average Bonchev–Trinajstić information content (AvgIpc) is 2.73. The van der Waals surface area contributed by atoms with Crippen LogP contribution in [0.4, 0.5) is 0 Å². The molecule has 0 amide bonds. The van der Waals surface area contributed by atoms with Gasteiger partial charge in [-0.3, -0.25) is 0 Å². The van der Waals surface area contributed by atoms with E-state index >= 15 is 0 Å². The molecule has 0 saturated heterocycles. The first-order valence-corrected chi connectivity index (χ1v) is 7.70. The van der Waals surface area contributed by atoms with Crippen LogP contribution in [0.25, 0.3) is 0 Å². The average molecular weight is 269 g/mol. The number of aliphatic hydroxyl groups excluding tert-OH is 1. The lowest BCUT2D eigenvalue weighted by atomic mass is 10.1. The number of benzene rings is 1. The van der Waals surface area contributed by atoms with E-state index in [1.165, 1.54) is 0 Å². The van der Waals surface area contributed by atoms with Crippen LogP contribution in [0, 0.1) is 12.8 Å². The molecule has 1 fully saturated rings. The Hall–Kier alpha value is -0.910. The molecule has 1 saturated carbocycles. The van der Waals surface area contributed by atoms with Crippen molar-refractivity contribution in [2.45, 2.75) is 37.2 Å². The summed E-state index contributed by atoms with van der Waals surface area (Å²) in [5.41, 5.74) is 0.925. The Morgan fingerprint density at radius 3 is 2.78 bits per heavy atom. The molecule has 0 spiro atoms. The molecule has 0 aliphatic heterocycles. The minimum Gasteiger partial charge on any atom is -0.393 e. The molecule has 18 heavy (non-hydrogen) atoms. The monoisotopic (exact) mass is 269 g/mol. The Balaban J connectivity index is 1.99. The van der Waals surface area contributed by atoms with Crippen molar-refractivity contribution in [2.75, 3.05) is 6.54 Å². The summed E-state index contributed by atoms with van der Waals surface area (Å²) in [7, 11) is -3.42. The van der Waals surface area contributed by atoms with Gasteiger partial charge in [0.05, 0.1) is 11.0 Å². The summed E-state index contributed by atoms with van der Waals surface area (Å²) in [5.74, 6) is 0.250. The number of hydrogen-bond donors (Lipinski definition) is 2. The molecule has 0 bridgehead atoms. The molecule has 2 N–H and O–H groups in total. The van der Waals surface area contributed by atoms with Crippen LogP contribution in [0.15, 0.2) is 29.2 Å². The van der Waals surface area contributed by atoms with Crippen LogP contribution < -0.4 is 4.72 Å². The van der Waals surface area contributed by atoms with Gasteiger partial charge >= 0.3 is 0 Å². The fourth-order valence-electron chi connectivity index (χ4n) is 2.33. The molecule has 0 radical (unpaired) electrons. The van der Waals surface area contributed by atoms with E-state index in [2.05, 4.69) is 4.72 Å². The van der Waals surface area contributed by atoms with Crippen LogP contribution in [0.1, 0.15) is 24.8 Å². The third-order valence-corrected chi connectivity index (χ3v) is 4.80. The van der Waals surface area contributed by atoms with E-state index < -0.39 is 10.0 Å². The Kier molecular flexibility index (Phi) is 4.04. The van der Waals surface area contributed by atoms with Gasteiger partial charge in [0.1, 0.15) is 0 Å². The minimum absolute atomic E-state index is 0.250. The van der Waals surface area contributed by atoms with Gasteiger partial charge in [0.15, 0.2) is 0 Å². The maximum absolute atomic E-state index is 12.0. The van der Waals surface area contributed by atoms with E-state index in [1.807, 2.05) is 13.0 Å². The molecule has 100 valence electrons. The number of sulfonamides is 1. The maximum Gasteiger partial charge on any atom is 0.240 e. The summed E-state index contributed by atoms with van der Waals surface area (Å²) in [5, 5.41) is 9.41. The van der Waals surface area contributed by atoms with Gasteiger partial charge in [-0.1, -0.05) is 12.1 Å². The first kappa shape index (κ1) is 13.5. The highest BCUT2D eigenvalue weighted by Gasteiger charge is 2.24. The third-order valence-electron chi connectivity index (χ3n) is 3.38. The first-order chi connectivity index (χ1) is 8.47. The second-order valence-corrected chi connectivity index (χ2v) is 6.77. The van der Waals surface area contributed by atoms with Gasteiger partial charge in [0.2, 0.25) is 10.0 Å². The summed E-state index contributed by atoms with van der Waals surface area (Å²) in [6.07, 6.45) is 2.09. The zero-order chi connectivity index (χ0) is 13.2. The number of nitrogens with one attached hydrogen (secondary N) is 1. The molecule has 0 heterocycles. The highest BCUT2D eigenvalue weighted by molar-refractivity contribution is 7.89. The normalized spacial score (nSPS) is 24.3. The Morgan fingerprint density at radius 2 is 2.17 bits per heavy atom. The molecule has 1 aliphatic carbocycles. The van der Waals surface area contributed by atoms with Crippen molar-refractivity contribution >= 4 is 10.0 Å². The summed E-state index contributed by atoms with van der Waals surface area (Å²) in [6.45, 7) is 2.28. The van der Waals surface area contributed by atoms with Crippen LogP contribution in [-0.2, 0) is 10.0 Å². The fourth-order valence-corrected chi connectivity index (χ4v) is 3.55. The van der Waals surface area contributed by atoms with Crippen LogP contribution in [-0.4, -0.2) is 26.2 Å². The van der Waals surface area contributed by atoms with E-state index in [-0.39, 0.29) is 12.0 Å². The van der Waals surface area contributed by atoms with Gasteiger partial charge in [-0.15, -0.1) is 0 Å². The van der Waals surface area contributed by atoms with Crippen molar-refractivity contribution in [3.8, 4) is 0 Å². The molecular formula is C13H19NO3S. The summed E-state index contributed by atoms with van der Waals surface area (Å²) < 4.78 is 26.7. The first-order valence-electron chi connectivity index (χ1n) is 6.22. The molecule has 1 aromatic rings. The van der Waals surface area contributed by atoms with Gasteiger partial charge in [-0.25, -0.2) is 13.1 Å². The minimum atomic E-state index is -3.42. The van der Waals surface area contributed by atoms with Crippen molar-refractivity contribution in [3.05, 3.63) is 29.8 Å². The highest BCUT2D eigenvalue weighted by atomic mass is 32.2. The van der Waals surface area contributed by atoms with Gasteiger partial charge < -0.3 is 5.11 Å². The molecule has 2 atom stereocenters. The Bertz CT molecular complexity index is 513. The van der Waals surface area contributed by atoms with Crippen LogP contribution in [0.2, 0.25) is 0 Å². The quantitative estimate of drug-likeness (QED) is 0.869. The van der Waals surface area contributed by atoms with E-state index in [0.717, 1.165) is 18.4 Å². The zero-order valence-electron chi connectivity index (χ0n) is 10.5. The number of rotatable bonds is 4. The Morgan fingerprint density at radius 1 is 1.39 bits per heavy atom. The van der Waals surface area contributed by atoms with Crippen molar-refractivity contribution in [3.63, 3.8) is 0 Å². The topological polar surface area (TPSA) is 66.4 Å². The van der Waals surface area contributed by atoms with Gasteiger partial charge in [-0.05, 0) is 49.8 Å². The van der Waals surface area contributed by atoms with Crippen molar-refractivity contribution in [1.82, 2.24) is 4.72 Å². The number of aliphatic hydroxyl groups is 1. The van der Waals surface area contributed by atoms with E-state index in [0.29, 0.717) is 17.9 Å². The molecule has 0 aromatic heterocycles. The molecule has 2 rings (SSSR count). The number of aryl methyl sites for hydroxylation is 1. The number of hydrogen-bond acceptors (Lipinski definition) is 3. The maximum atomic E-state index is 12.0. The second-order valence-electron chi connectivity index (χ2n) is 5.00. The molecule has 1 aliphatic rings. The van der Waals surface area contributed by atoms with Gasteiger partial charge in [-0.2, -0.15) is 0 Å². The summed E-state index contributed by atoms with van der Waals surface area (Å²) in [6, 6.07) is 6.86. The lowest BCUT2D eigenvalue weighted by Crippen LogP contribution is -2.28. The molecule has 5 heteroatoms. The van der Waals surface area contributed by atoms with E-state index in [1.54, 1.807) is 18.2 Å². The summed E-state index contributed by atoms with van der Waals surface area (Å²) >= 11 is 0. The smallest absolute Gasteiger partial charge is 0.240 e. The molecule has 4 nitrogen and oxygen atoms in total. The van der Waals surface area contributed by atoms with Crippen molar-refractivity contribution < 1.29 is 13.5 Å². The molecule has 1 aromatic carbocycles. The largest absolute Gasteiger partial charge is 0.393 e. The predicted octanol–water partition coefficient (Wildman–Crippen LogP) is 1.43. The third kappa shape index (κ3) is 3.31. The van der Waals surface area contributed by atoms with Crippen molar-refractivity contribution in [1.29, 1.82) is 0 Å². The van der Waals surface area contributed by atoms with Gasteiger partial charge in [0.25, 0.3) is 0 Å². The van der Waals surface area contributed by atoms with E-state index in [9.17, 15) is 13.5 Å². The lowest BCUT2D eigenvalue weighted by molar-refractivity contribution is 0.178. The van der Waals surface area contributed by atoms with Crippen molar-refractivity contribution in [2.24, 2.45) is 5.92 Å². The zero-order valence-corrected chi connectivity index (χ0v) is 11.3. The van der Waals surface area contributed by atoms with Gasteiger partial charge in [0, 0.05) is 6.54 Å². The fraction of sp³-hybridized carbons (Fsp3) is 0.538. The molecular weight excluding hydrogens is 250 g/mol. The SMILES string of the molecule is Cc1cccc(S(=O)(=O)NCC2CCC(O)C2)c1. The van der Waals surface area contributed by atoms with Crippen LogP contribution in [0.5, 0.6) is 0 Å². The summed E-state index contributed by atoms with van der Waals surface area (Å²) in [4.78, 5) is 0.307. The second kappa shape index (κ2) is 5.38. The highest BCUT2D eigenvalue weighted by Crippen LogP contribution is 2.25. The van der Waals surface area contributed by atoms with Crippen LogP contribution in [0.3, 0.4) is 0 Å². The predicted molar refractivity (Wildman–Crippen MR) is 69.7 cm³/mol. The van der Waals surface area contributed by atoms with Crippen LogP contribution >= 0.6 is 0 Å².